The van der Waals surface area contributed by atoms with Crippen LogP contribution in [0.1, 0.15) is 73.8 Å². The van der Waals surface area contributed by atoms with Gasteiger partial charge in [0, 0.05) is 68.3 Å². The summed E-state index contributed by atoms with van der Waals surface area (Å²) in [4.78, 5) is 20.6. The average molecular weight is 755 g/mol. The summed E-state index contributed by atoms with van der Waals surface area (Å²) in [5, 5.41) is 29.8. The summed E-state index contributed by atoms with van der Waals surface area (Å²) in [5.41, 5.74) is 5.82. The van der Waals surface area contributed by atoms with Gasteiger partial charge in [-0.1, -0.05) is 55.3 Å². The second-order valence-electron chi connectivity index (χ2n) is 14.8. The van der Waals surface area contributed by atoms with Crippen LogP contribution >= 0.6 is 11.6 Å². The van der Waals surface area contributed by atoms with Crippen LogP contribution in [0.15, 0.2) is 72.6 Å². The number of aliphatic carboxylic acids is 1. The van der Waals surface area contributed by atoms with E-state index in [0.29, 0.717) is 54.7 Å². The van der Waals surface area contributed by atoms with E-state index < -0.39 is 17.6 Å². The molecule has 2 saturated heterocycles. The maximum Gasteiger partial charge on any atom is 0.320 e. The van der Waals surface area contributed by atoms with E-state index in [0.717, 1.165) is 49.9 Å². The Morgan fingerprint density at radius 1 is 1.09 bits per heavy atom. The Bertz CT molecular complexity index is 1910. The minimum absolute atomic E-state index is 0.0713. The number of pyridine rings is 1. The molecule has 0 amide bonds. The molecule has 2 aliphatic heterocycles. The van der Waals surface area contributed by atoms with Crippen LogP contribution in [0.2, 0.25) is 5.02 Å². The van der Waals surface area contributed by atoms with Crippen molar-refractivity contribution in [2.45, 2.75) is 83.8 Å². The Hall–Kier alpha value is -4.24. The molecule has 0 saturated carbocycles. The fourth-order valence-corrected chi connectivity index (χ4v) is 8.20. The van der Waals surface area contributed by atoms with Crippen LogP contribution < -0.4 is 9.47 Å². The predicted molar refractivity (Wildman–Crippen MR) is 208 cm³/mol. The van der Waals surface area contributed by atoms with E-state index in [1.165, 1.54) is 28.5 Å². The molecule has 3 aromatic rings. The molecule has 0 bridgehead atoms. The summed E-state index contributed by atoms with van der Waals surface area (Å²) in [7, 11) is 0. The second-order valence-corrected chi connectivity index (χ2v) is 15.3. The molecular weight excluding hydrogens is 704 g/mol. The molecule has 0 radical (unpaired) electrons. The van der Waals surface area contributed by atoms with Gasteiger partial charge in [-0.05, 0) is 86.6 Å². The number of ether oxygens (including phenoxy) is 3. The van der Waals surface area contributed by atoms with Gasteiger partial charge in [0.05, 0.1) is 16.7 Å². The number of allylic oxidation sites excluding steroid dienone is 2. The lowest BCUT2D eigenvalue weighted by atomic mass is 9.74. The topological polar surface area (TPSA) is 128 Å². The number of aromatic nitrogens is 1. The fraction of sp³-hybridized carbons (Fsp3) is 0.465. The molecule has 0 spiro atoms. The largest absolute Gasteiger partial charge is 0.489 e. The molecule has 2 fully saturated rings. The number of rotatable bonds is 15. The van der Waals surface area contributed by atoms with E-state index in [1.54, 1.807) is 18.3 Å². The van der Waals surface area contributed by atoms with Crippen LogP contribution in [-0.2, 0) is 22.7 Å². The van der Waals surface area contributed by atoms with E-state index in [1.807, 2.05) is 11.0 Å². The summed E-state index contributed by atoms with van der Waals surface area (Å²) in [6, 6.07) is 15.3. The number of nitriles is 1. The Kier molecular flexibility index (Phi) is 13.1. The average Bonchev–Trinajstić information content (AvgIpc) is 3.59. The number of aryl methyl sites for hydroxylation is 1. The molecular formula is C43H51ClN4O6. The molecule has 2 aromatic carbocycles. The van der Waals surface area contributed by atoms with Gasteiger partial charge in [0.1, 0.15) is 42.4 Å². The summed E-state index contributed by atoms with van der Waals surface area (Å²) in [6.07, 6.45) is 11.1. The van der Waals surface area contributed by atoms with E-state index in [2.05, 4.69) is 73.1 Å². The van der Waals surface area contributed by atoms with Crippen LogP contribution in [0.3, 0.4) is 0 Å². The highest BCUT2D eigenvalue weighted by Crippen LogP contribution is 2.44. The van der Waals surface area contributed by atoms with Crippen molar-refractivity contribution in [1.82, 2.24) is 14.8 Å². The molecule has 4 atom stereocenters. The first kappa shape index (κ1) is 39.5. The Labute approximate surface area is 323 Å². The standard InChI is InChI=1S/C43H51ClN4O6/c1-29-9-4-5-10-36(29)41-30(2)12-14-43(31(41)3,54-18-8-15-47-17-13-35(49)26-47)28-53-40-21-39(52-27-33-19-32(22-45)23-46-24-33)34(20-37(40)44)25-48-16-7-6-11-38(48)42(50)51/h4-5,9-10,12,14,19-21,23-24,31,35,38,49H,6-8,11,13,15-18,25-28H2,1-3H3,(H,50,51)/t31?,35-,38+,43?/m1/s1. The molecule has 54 heavy (non-hydrogen) atoms. The first-order chi connectivity index (χ1) is 26.1. The van der Waals surface area contributed by atoms with Crippen molar-refractivity contribution in [2.24, 2.45) is 5.92 Å². The minimum atomic E-state index is -0.838. The highest BCUT2D eigenvalue weighted by Gasteiger charge is 2.42. The highest BCUT2D eigenvalue weighted by molar-refractivity contribution is 6.32. The van der Waals surface area contributed by atoms with Gasteiger partial charge in [-0.25, -0.2) is 0 Å². The smallest absolute Gasteiger partial charge is 0.320 e. The third kappa shape index (κ3) is 9.34. The SMILES string of the molecule is CC1=C(c2ccccc2C)C(C)C(COc2cc(OCc3cncc(C#N)c3)c(CN3CCCC[C@H]3C(=O)O)cc2Cl)(OCCCN2CC[C@@H](O)C2)C=C1. The molecule has 6 rings (SSSR count). The van der Waals surface area contributed by atoms with Crippen molar-refractivity contribution >= 4 is 23.1 Å². The van der Waals surface area contributed by atoms with Gasteiger partial charge in [0.2, 0.25) is 0 Å². The summed E-state index contributed by atoms with van der Waals surface area (Å²) in [5.74, 6) is 0.0248. The lowest BCUT2D eigenvalue weighted by Crippen LogP contribution is -2.46. The van der Waals surface area contributed by atoms with Gasteiger partial charge >= 0.3 is 5.97 Å². The zero-order valence-electron chi connectivity index (χ0n) is 31.5. The van der Waals surface area contributed by atoms with E-state index in [9.17, 15) is 20.3 Å². The number of carboxylic acid groups (broad SMARTS) is 1. The number of likely N-dealkylation sites (tertiary alicyclic amines) is 2. The van der Waals surface area contributed by atoms with Gasteiger partial charge in [-0.3, -0.25) is 14.7 Å². The van der Waals surface area contributed by atoms with Crippen LogP contribution in [0.25, 0.3) is 5.57 Å². The van der Waals surface area contributed by atoms with Crippen molar-refractivity contribution in [3.05, 3.63) is 105 Å². The van der Waals surface area contributed by atoms with Crippen LogP contribution in [0.4, 0.5) is 0 Å². The number of β-amino-alcohol motifs (C(OH)–C–C–N with tert-alkyl or cyclic N) is 1. The maximum atomic E-state index is 12.2. The van der Waals surface area contributed by atoms with Gasteiger partial charge in [0.25, 0.3) is 0 Å². The number of nitrogens with zero attached hydrogens (tertiary/aromatic N) is 4. The lowest BCUT2D eigenvalue weighted by Gasteiger charge is -2.41. The first-order valence-corrected chi connectivity index (χ1v) is 19.3. The number of piperidine rings is 1. The quantitative estimate of drug-likeness (QED) is 0.154. The third-order valence-corrected chi connectivity index (χ3v) is 11.3. The van der Waals surface area contributed by atoms with Crippen LogP contribution in [-0.4, -0.2) is 88.1 Å². The molecule has 1 aliphatic carbocycles. The number of hydrogen-bond acceptors (Lipinski definition) is 9. The van der Waals surface area contributed by atoms with E-state index >= 15 is 0 Å². The highest BCUT2D eigenvalue weighted by atomic mass is 35.5. The third-order valence-electron chi connectivity index (χ3n) is 11.0. The van der Waals surface area contributed by atoms with Crippen LogP contribution in [0.5, 0.6) is 11.5 Å². The summed E-state index contributed by atoms with van der Waals surface area (Å²) in [6.45, 7) is 10.7. The number of halogens is 1. The molecule has 2 unspecified atom stereocenters. The van der Waals surface area contributed by atoms with Gasteiger partial charge in [-0.2, -0.15) is 5.26 Å². The number of hydrogen-bond donors (Lipinski definition) is 2. The van der Waals surface area contributed by atoms with Gasteiger partial charge < -0.3 is 29.3 Å². The lowest BCUT2D eigenvalue weighted by molar-refractivity contribution is -0.144. The number of benzene rings is 2. The Morgan fingerprint density at radius 2 is 1.93 bits per heavy atom. The van der Waals surface area contributed by atoms with Gasteiger partial charge in [-0.15, -0.1) is 0 Å². The van der Waals surface area contributed by atoms with Gasteiger partial charge in [0.15, 0.2) is 0 Å². The van der Waals surface area contributed by atoms with Crippen LogP contribution in [0, 0.1) is 24.2 Å². The normalized spacial score (nSPS) is 23.4. The monoisotopic (exact) mass is 754 g/mol. The first-order valence-electron chi connectivity index (χ1n) is 19.0. The zero-order valence-corrected chi connectivity index (χ0v) is 32.2. The molecule has 286 valence electrons. The number of carbonyl (C=O) groups is 1. The molecule has 3 heterocycles. The molecule has 1 aromatic heterocycles. The Balaban J connectivity index is 1.28. The van der Waals surface area contributed by atoms with Crippen molar-refractivity contribution in [1.29, 1.82) is 5.26 Å². The molecule has 2 N–H and O–H groups in total. The molecule has 10 nitrogen and oxygen atoms in total. The summed E-state index contributed by atoms with van der Waals surface area (Å²) >= 11 is 7.00. The van der Waals surface area contributed by atoms with E-state index in [-0.39, 0.29) is 25.2 Å². The van der Waals surface area contributed by atoms with Crippen molar-refractivity contribution < 1.29 is 29.2 Å². The summed E-state index contributed by atoms with van der Waals surface area (Å²) < 4.78 is 19.9. The maximum absolute atomic E-state index is 12.2. The molecule has 3 aliphatic rings. The molecule has 11 heteroatoms. The number of aliphatic hydroxyl groups is 1. The zero-order chi connectivity index (χ0) is 38.2. The Morgan fingerprint density at radius 3 is 2.69 bits per heavy atom. The van der Waals surface area contributed by atoms with Crippen molar-refractivity contribution in [3.8, 4) is 17.6 Å². The van der Waals surface area contributed by atoms with Crippen molar-refractivity contribution in [2.75, 3.05) is 39.4 Å². The van der Waals surface area contributed by atoms with E-state index in [4.69, 9.17) is 25.8 Å². The van der Waals surface area contributed by atoms with Crippen molar-refractivity contribution in [3.63, 3.8) is 0 Å². The number of aliphatic hydroxyl groups excluding tert-OH is 1. The predicted octanol–water partition coefficient (Wildman–Crippen LogP) is 7.20. The minimum Gasteiger partial charge on any atom is -0.489 e. The number of carboxylic acids is 1. The fourth-order valence-electron chi connectivity index (χ4n) is 7.96. The second kappa shape index (κ2) is 17.9.